The Morgan fingerprint density at radius 2 is 0.811 bits per heavy atom. The molecule has 0 unspecified atom stereocenters. The van der Waals surface area contributed by atoms with E-state index in [4.69, 9.17) is 30.7 Å². The summed E-state index contributed by atoms with van der Waals surface area (Å²) in [5.41, 5.74) is 10.9. The Bertz CT molecular complexity index is 2290. The summed E-state index contributed by atoms with van der Waals surface area (Å²) in [4.78, 5) is 43.7. The number of imidazole rings is 1. The molecule has 406 valence electrons. The molecule has 4 aliphatic rings. The molecule has 2 aromatic carbocycles. The first-order chi connectivity index (χ1) is 36.1. The van der Waals surface area contributed by atoms with Crippen LogP contribution in [0.15, 0.2) is 67.0 Å². The van der Waals surface area contributed by atoms with Crippen molar-refractivity contribution in [3.63, 3.8) is 0 Å². The minimum atomic E-state index is -0.514. The minimum absolute atomic E-state index is 0.514. The van der Waals surface area contributed by atoms with E-state index >= 15 is 0 Å². The van der Waals surface area contributed by atoms with E-state index in [2.05, 4.69) is 114 Å². The van der Waals surface area contributed by atoms with E-state index in [1.54, 1.807) is 0 Å². The standard InChI is InChI=1S/C25H37N9.C24H39N9.C4H10O3/c1-30-10-14-32(15-11-30)9-8-26-24-22-25(29-23(28-24)21-6-4-3-5-7-21)34(20-27-22)19-18-33-16-12-31(2)13-17-33;1-30-12-16-32(17-13-30)10-8-26-23-21(25)24(27-9-11-33-18-14-31(2)15-19-33)29-22(28-23)20-6-4-3-5-7-20;1-5-4(6-2)7-3/h3-7,20H,8-19H2,1-2H3,(H,26,28,29);3-7H,8-19,25H2,1-2H3,(H2,26,27,28,29);4H,1-3H3. The molecule has 4 fully saturated rings. The summed E-state index contributed by atoms with van der Waals surface area (Å²) >= 11 is 0. The van der Waals surface area contributed by atoms with Crippen molar-refractivity contribution in [3.8, 4) is 22.8 Å². The molecule has 0 spiro atoms. The number of rotatable bonds is 20. The lowest BCUT2D eigenvalue weighted by Gasteiger charge is -2.32. The topological polar surface area (TPSA) is 185 Å². The van der Waals surface area contributed by atoms with Gasteiger partial charge in [0.05, 0.1) is 6.33 Å². The molecule has 0 radical (unpaired) electrons. The third-order valence-electron chi connectivity index (χ3n) is 14.3. The first kappa shape index (κ1) is 56.6. The number of ether oxygens (including phenoxy) is 3. The second kappa shape index (κ2) is 29.8. The van der Waals surface area contributed by atoms with Crippen molar-refractivity contribution >= 4 is 34.3 Å². The molecule has 7 heterocycles. The average molecular weight is 1020 g/mol. The van der Waals surface area contributed by atoms with Crippen LogP contribution in [-0.4, -0.2) is 275 Å². The number of hydrogen-bond donors (Lipinski definition) is 4. The maximum Gasteiger partial charge on any atom is 0.270 e. The number of methoxy groups -OCH3 is 3. The van der Waals surface area contributed by atoms with Crippen LogP contribution in [0.4, 0.5) is 23.1 Å². The van der Waals surface area contributed by atoms with Crippen molar-refractivity contribution in [1.29, 1.82) is 0 Å². The number of aromatic nitrogens is 6. The number of fused-ring (bicyclic) bond motifs is 1. The summed E-state index contributed by atoms with van der Waals surface area (Å²) in [6.45, 7) is 24.7. The zero-order chi connectivity index (χ0) is 52.1. The molecule has 0 aliphatic carbocycles. The molecule has 74 heavy (non-hydrogen) atoms. The SMILES string of the molecule is CN1CCN(CCNc2nc(-c3ccccc3)nc(NCCN3CCN(C)CC3)c2N)CC1.CN1CCN(CCNc2nc(-c3ccccc3)nc3c2ncn3CCN2CCN(C)CC2)CC1.COC(OC)OC. The van der Waals surface area contributed by atoms with Gasteiger partial charge < -0.3 is 60.1 Å². The van der Waals surface area contributed by atoms with Crippen molar-refractivity contribution in [2.75, 3.05) is 222 Å². The summed E-state index contributed by atoms with van der Waals surface area (Å²) in [7, 11) is 13.3. The second-order valence-electron chi connectivity index (χ2n) is 19.8. The fraction of sp³-hybridized carbons (Fsp3) is 0.604. The van der Waals surface area contributed by atoms with Crippen molar-refractivity contribution in [1.82, 2.24) is 68.7 Å². The molecular formula is C53H86N18O3. The Morgan fingerprint density at radius 3 is 1.19 bits per heavy atom. The van der Waals surface area contributed by atoms with Crippen molar-refractivity contribution in [2.45, 2.75) is 13.0 Å². The van der Waals surface area contributed by atoms with Gasteiger partial charge in [-0.1, -0.05) is 60.7 Å². The lowest BCUT2D eigenvalue weighted by molar-refractivity contribution is -0.252. The average Bonchev–Trinajstić information content (AvgIpc) is 3.85. The van der Waals surface area contributed by atoms with Gasteiger partial charge in [0.25, 0.3) is 6.48 Å². The highest BCUT2D eigenvalue weighted by atomic mass is 16.8. The number of anilines is 4. The van der Waals surface area contributed by atoms with Crippen LogP contribution < -0.4 is 21.7 Å². The van der Waals surface area contributed by atoms with Gasteiger partial charge in [0.2, 0.25) is 0 Å². The zero-order valence-electron chi connectivity index (χ0n) is 45.5. The first-order valence-corrected chi connectivity index (χ1v) is 26.5. The molecule has 5 N–H and O–H groups in total. The molecule has 0 atom stereocenters. The summed E-state index contributed by atoms with van der Waals surface area (Å²) in [5.74, 6) is 3.68. The summed E-state index contributed by atoms with van der Waals surface area (Å²) < 4.78 is 16.0. The molecule has 4 saturated heterocycles. The summed E-state index contributed by atoms with van der Waals surface area (Å²) in [6.07, 6.45) is 1.93. The predicted molar refractivity (Wildman–Crippen MR) is 299 cm³/mol. The largest absolute Gasteiger partial charge is 0.393 e. The van der Waals surface area contributed by atoms with E-state index in [1.807, 2.05) is 54.9 Å². The highest BCUT2D eigenvalue weighted by molar-refractivity contribution is 5.85. The monoisotopic (exact) mass is 1020 g/mol. The van der Waals surface area contributed by atoms with Crippen LogP contribution in [0, 0.1) is 0 Å². The van der Waals surface area contributed by atoms with Gasteiger partial charge in [-0.2, -0.15) is 0 Å². The Balaban J connectivity index is 0.000000192. The van der Waals surface area contributed by atoms with Crippen LogP contribution in [0.2, 0.25) is 0 Å². The fourth-order valence-corrected chi connectivity index (χ4v) is 9.22. The number of nitrogens with two attached hydrogens (primary N) is 1. The molecule has 0 saturated carbocycles. The van der Waals surface area contributed by atoms with Crippen LogP contribution in [-0.2, 0) is 20.8 Å². The van der Waals surface area contributed by atoms with E-state index in [0.29, 0.717) is 23.1 Å². The Hall–Kier alpha value is -5.17. The van der Waals surface area contributed by atoms with E-state index in [1.165, 1.54) is 21.3 Å². The quantitative estimate of drug-likeness (QED) is 0.0834. The Morgan fingerprint density at radius 1 is 0.459 bits per heavy atom. The van der Waals surface area contributed by atoms with Crippen LogP contribution in [0.3, 0.4) is 0 Å². The van der Waals surface area contributed by atoms with Gasteiger partial charge in [-0.05, 0) is 28.2 Å². The Labute approximate surface area is 440 Å². The molecular weight excluding hydrogens is 937 g/mol. The first-order valence-electron chi connectivity index (χ1n) is 26.5. The van der Waals surface area contributed by atoms with Gasteiger partial charge in [0.15, 0.2) is 34.7 Å². The number of benzene rings is 2. The van der Waals surface area contributed by atoms with Crippen molar-refractivity contribution in [2.24, 2.45) is 0 Å². The molecule has 5 aromatic rings. The van der Waals surface area contributed by atoms with E-state index in [-0.39, 0.29) is 0 Å². The van der Waals surface area contributed by atoms with Crippen molar-refractivity contribution < 1.29 is 14.2 Å². The van der Waals surface area contributed by atoms with Gasteiger partial charge in [0, 0.05) is 190 Å². The summed E-state index contributed by atoms with van der Waals surface area (Å²) in [5, 5.41) is 10.5. The third kappa shape index (κ3) is 17.4. The maximum absolute atomic E-state index is 6.51. The van der Waals surface area contributed by atoms with Crippen LogP contribution in [0.5, 0.6) is 0 Å². The number of likely N-dealkylation sites (N-methyl/N-ethyl adjacent to an activating group) is 4. The minimum Gasteiger partial charge on any atom is -0.393 e. The van der Waals surface area contributed by atoms with Crippen LogP contribution in [0.1, 0.15) is 0 Å². The molecule has 21 nitrogen and oxygen atoms in total. The molecule has 0 bridgehead atoms. The van der Waals surface area contributed by atoms with Gasteiger partial charge in [-0.25, -0.2) is 24.9 Å². The number of piperazine rings is 4. The lowest BCUT2D eigenvalue weighted by Crippen LogP contribution is -2.46. The van der Waals surface area contributed by atoms with Crippen LogP contribution in [0.25, 0.3) is 33.9 Å². The normalized spacial score (nSPS) is 18.2. The van der Waals surface area contributed by atoms with E-state index < -0.39 is 6.48 Å². The highest BCUT2D eigenvalue weighted by Gasteiger charge is 2.20. The number of nitrogens with one attached hydrogen (secondary N) is 3. The van der Waals surface area contributed by atoms with Crippen LogP contribution >= 0.6 is 0 Å². The second-order valence-corrected chi connectivity index (χ2v) is 19.8. The smallest absolute Gasteiger partial charge is 0.270 e. The van der Waals surface area contributed by atoms with Gasteiger partial charge in [0.1, 0.15) is 11.2 Å². The number of hydrogen-bond acceptors (Lipinski definition) is 20. The van der Waals surface area contributed by atoms with Gasteiger partial charge in [-0.3, -0.25) is 19.6 Å². The lowest BCUT2D eigenvalue weighted by atomic mass is 10.2. The van der Waals surface area contributed by atoms with Gasteiger partial charge in [-0.15, -0.1) is 0 Å². The predicted octanol–water partition coefficient (Wildman–Crippen LogP) is 2.65. The molecule has 21 heteroatoms. The highest BCUT2D eigenvalue weighted by Crippen LogP contribution is 2.28. The maximum atomic E-state index is 6.51. The fourth-order valence-electron chi connectivity index (χ4n) is 9.22. The molecule has 0 amide bonds. The molecule has 9 rings (SSSR count). The Kier molecular flexibility index (Phi) is 22.8. The summed E-state index contributed by atoms with van der Waals surface area (Å²) in [6, 6.07) is 20.3. The molecule has 4 aliphatic heterocycles. The zero-order valence-corrected chi connectivity index (χ0v) is 45.5. The third-order valence-corrected chi connectivity index (χ3v) is 14.3. The van der Waals surface area contributed by atoms with Gasteiger partial charge >= 0.3 is 0 Å². The molecule has 3 aromatic heterocycles. The number of nitrogen functional groups attached to an aromatic ring is 1. The number of nitrogens with zero attached hydrogens (tertiary/aromatic N) is 14. The van der Waals surface area contributed by atoms with Crippen molar-refractivity contribution in [3.05, 3.63) is 67.0 Å². The van der Waals surface area contributed by atoms with E-state index in [9.17, 15) is 0 Å². The van der Waals surface area contributed by atoms with E-state index in [0.717, 1.165) is 191 Å².